The first-order chi connectivity index (χ1) is 12.2. The molecule has 5 nitrogen and oxygen atoms in total. The Kier molecular flexibility index (Phi) is 4.59. The summed E-state index contributed by atoms with van der Waals surface area (Å²) < 4.78 is 5.23. The maximum atomic E-state index is 12.7. The third-order valence-electron chi connectivity index (χ3n) is 3.92. The molecule has 2 heterocycles. The van der Waals surface area contributed by atoms with Crippen LogP contribution >= 0.6 is 23.1 Å². The summed E-state index contributed by atoms with van der Waals surface area (Å²) in [7, 11) is 0. The Bertz CT molecular complexity index is 899. The molecular weight excluding hydrogens is 354 g/mol. The van der Waals surface area contributed by atoms with E-state index < -0.39 is 0 Å². The molecule has 1 aliphatic rings. The summed E-state index contributed by atoms with van der Waals surface area (Å²) in [6.45, 7) is 1.89. The number of aromatic nitrogens is 2. The predicted molar refractivity (Wildman–Crippen MR) is 99.3 cm³/mol. The Morgan fingerprint density at radius 2 is 2.24 bits per heavy atom. The van der Waals surface area contributed by atoms with Crippen molar-refractivity contribution >= 4 is 34.1 Å². The molecule has 25 heavy (non-hydrogen) atoms. The molecule has 7 heteroatoms. The molecule has 2 aromatic heterocycles. The Hall–Kier alpha value is -2.12. The van der Waals surface area contributed by atoms with Gasteiger partial charge in [0, 0.05) is 22.3 Å². The minimum Gasteiger partial charge on any atom is -0.360 e. The van der Waals surface area contributed by atoms with Gasteiger partial charge >= 0.3 is 0 Å². The number of nitrogens with zero attached hydrogens (tertiary/aromatic N) is 2. The molecule has 0 unspecified atom stereocenters. The Balaban J connectivity index is 1.45. The van der Waals surface area contributed by atoms with E-state index in [0.29, 0.717) is 22.4 Å². The van der Waals surface area contributed by atoms with Crippen LogP contribution in [-0.4, -0.2) is 16.0 Å². The number of rotatable bonds is 6. The number of carbonyl (C=O) groups excluding carboxylic acids is 1. The average molecular weight is 371 g/mol. The summed E-state index contributed by atoms with van der Waals surface area (Å²) in [5, 5.41) is 9.52. The van der Waals surface area contributed by atoms with Crippen molar-refractivity contribution < 1.29 is 9.32 Å². The van der Waals surface area contributed by atoms with Crippen LogP contribution in [-0.2, 0) is 5.75 Å². The van der Waals surface area contributed by atoms with Crippen LogP contribution < -0.4 is 5.32 Å². The van der Waals surface area contributed by atoms with E-state index in [4.69, 9.17) is 4.52 Å². The number of anilines is 1. The van der Waals surface area contributed by atoms with Crippen LogP contribution in [0.25, 0.3) is 0 Å². The van der Waals surface area contributed by atoms with Crippen molar-refractivity contribution in [3.8, 4) is 0 Å². The van der Waals surface area contributed by atoms with Crippen LogP contribution in [0.5, 0.6) is 0 Å². The SMILES string of the molecule is Cc1cc(CSc2ccccc2C(=O)Nc2nc(C3CC3)cs2)on1. The van der Waals surface area contributed by atoms with Gasteiger partial charge in [0.15, 0.2) is 5.13 Å². The molecule has 1 N–H and O–H groups in total. The smallest absolute Gasteiger partial charge is 0.258 e. The lowest BCUT2D eigenvalue weighted by Gasteiger charge is -2.07. The van der Waals surface area contributed by atoms with Crippen molar-refractivity contribution in [2.24, 2.45) is 0 Å². The van der Waals surface area contributed by atoms with Gasteiger partial charge < -0.3 is 4.52 Å². The molecule has 1 aliphatic carbocycles. The van der Waals surface area contributed by atoms with E-state index in [-0.39, 0.29) is 5.91 Å². The molecule has 1 amide bonds. The maximum Gasteiger partial charge on any atom is 0.258 e. The lowest BCUT2D eigenvalue weighted by atomic mass is 10.2. The van der Waals surface area contributed by atoms with Gasteiger partial charge in [0.05, 0.1) is 22.7 Å². The summed E-state index contributed by atoms with van der Waals surface area (Å²) in [6.07, 6.45) is 2.41. The molecule has 4 rings (SSSR count). The highest BCUT2D eigenvalue weighted by atomic mass is 32.2. The number of thiazole rings is 1. The lowest BCUT2D eigenvalue weighted by Crippen LogP contribution is -2.12. The first-order valence-corrected chi connectivity index (χ1v) is 9.96. The number of hydrogen-bond acceptors (Lipinski definition) is 6. The van der Waals surface area contributed by atoms with Gasteiger partial charge in [0.1, 0.15) is 5.76 Å². The van der Waals surface area contributed by atoms with E-state index in [1.54, 1.807) is 11.8 Å². The molecule has 0 aliphatic heterocycles. The Morgan fingerprint density at radius 1 is 1.40 bits per heavy atom. The van der Waals surface area contributed by atoms with Crippen molar-refractivity contribution in [1.29, 1.82) is 0 Å². The van der Waals surface area contributed by atoms with Gasteiger partial charge in [0.2, 0.25) is 0 Å². The zero-order chi connectivity index (χ0) is 17.2. The van der Waals surface area contributed by atoms with Gasteiger partial charge in [-0.05, 0) is 31.9 Å². The van der Waals surface area contributed by atoms with Crippen molar-refractivity contribution in [3.63, 3.8) is 0 Å². The van der Waals surface area contributed by atoms with Gasteiger partial charge in [-0.3, -0.25) is 10.1 Å². The lowest BCUT2D eigenvalue weighted by molar-refractivity contribution is 0.102. The monoisotopic (exact) mass is 371 g/mol. The van der Waals surface area contributed by atoms with Crippen LogP contribution in [0.2, 0.25) is 0 Å². The first-order valence-electron chi connectivity index (χ1n) is 8.10. The number of carbonyl (C=O) groups is 1. The van der Waals surface area contributed by atoms with E-state index in [1.165, 1.54) is 24.2 Å². The van der Waals surface area contributed by atoms with Crippen molar-refractivity contribution in [1.82, 2.24) is 10.1 Å². The number of nitrogens with one attached hydrogen (secondary N) is 1. The zero-order valence-electron chi connectivity index (χ0n) is 13.7. The van der Waals surface area contributed by atoms with Crippen LogP contribution in [0.15, 0.2) is 45.1 Å². The molecule has 0 saturated heterocycles. The second kappa shape index (κ2) is 7.01. The summed E-state index contributed by atoms with van der Waals surface area (Å²) in [5.74, 6) is 1.89. The predicted octanol–water partition coefficient (Wildman–Crippen LogP) is 4.86. The fourth-order valence-corrected chi connectivity index (χ4v) is 4.20. The first kappa shape index (κ1) is 16.4. The molecule has 3 aromatic rings. The quantitative estimate of drug-likeness (QED) is 0.627. The van der Waals surface area contributed by atoms with Crippen LogP contribution in [0.1, 0.15) is 46.3 Å². The van der Waals surface area contributed by atoms with Crippen molar-refractivity contribution in [2.45, 2.75) is 36.3 Å². The fourth-order valence-electron chi connectivity index (χ4n) is 2.49. The number of amides is 1. The fraction of sp³-hybridized carbons (Fsp3) is 0.278. The Morgan fingerprint density at radius 3 is 3.00 bits per heavy atom. The highest BCUT2D eigenvalue weighted by Crippen LogP contribution is 2.41. The van der Waals surface area contributed by atoms with E-state index in [0.717, 1.165) is 22.0 Å². The molecule has 0 radical (unpaired) electrons. The van der Waals surface area contributed by atoms with Gasteiger partial charge in [-0.1, -0.05) is 17.3 Å². The third kappa shape index (κ3) is 3.93. The molecule has 1 saturated carbocycles. The molecule has 1 fully saturated rings. The third-order valence-corrected chi connectivity index (χ3v) is 5.79. The second-order valence-corrected chi connectivity index (χ2v) is 7.90. The summed E-state index contributed by atoms with van der Waals surface area (Å²) in [5.41, 5.74) is 2.60. The topological polar surface area (TPSA) is 68.0 Å². The molecule has 0 atom stereocenters. The summed E-state index contributed by atoms with van der Waals surface area (Å²) in [4.78, 5) is 18.1. The van der Waals surface area contributed by atoms with Gasteiger partial charge in [-0.25, -0.2) is 4.98 Å². The maximum absolute atomic E-state index is 12.7. The molecular formula is C18H17N3O2S2. The molecule has 1 aromatic carbocycles. The van der Waals surface area contributed by atoms with Crippen molar-refractivity contribution in [3.05, 3.63) is 58.4 Å². The van der Waals surface area contributed by atoms with Gasteiger partial charge in [-0.15, -0.1) is 23.1 Å². The van der Waals surface area contributed by atoms with Gasteiger partial charge in [0.25, 0.3) is 5.91 Å². The zero-order valence-corrected chi connectivity index (χ0v) is 15.3. The summed E-state index contributed by atoms with van der Waals surface area (Å²) >= 11 is 3.05. The number of hydrogen-bond donors (Lipinski definition) is 1. The molecule has 0 bridgehead atoms. The number of benzene rings is 1. The molecule has 0 spiro atoms. The number of aryl methyl sites for hydroxylation is 1. The minimum atomic E-state index is -0.131. The van der Waals surface area contributed by atoms with Crippen molar-refractivity contribution in [2.75, 3.05) is 5.32 Å². The van der Waals surface area contributed by atoms with E-state index in [2.05, 4.69) is 15.5 Å². The minimum absolute atomic E-state index is 0.131. The summed E-state index contributed by atoms with van der Waals surface area (Å²) in [6, 6.07) is 9.48. The average Bonchev–Trinajstić information content (AvgIpc) is 3.23. The van der Waals surface area contributed by atoms with Crippen LogP contribution in [0.3, 0.4) is 0 Å². The van der Waals surface area contributed by atoms with Crippen LogP contribution in [0, 0.1) is 6.92 Å². The molecule has 128 valence electrons. The highest BCUT2D eigenvalue weighted by Gasteiger charge is 2.26. The Labute approximate surface area is 153 Å². The van der Waals surface area contributed by atoms with Crippen LogP contribution in [0.4, 0.5) is 5.13 Å². The standard InChI is InChI=1S/C18H17N3O2S2/c1-11-8-13(23-21-11)9-24-16-5-3-2-4-14(16)17(22)20-18-19-15(10-25-18)12-6-7-12/h2-5,8,10,12H,6-7,9H2,1H3,(H,19,20,22). The van der Waals surface area contributed by atoms with E-state index in [9.17, 15) is 4.79 Å². The van der Waals surface area contributed by atoms with E-state index in [1.807, 2.05) is 42.6 Å². The highest BCUT2D eigenvalue weighted by molar-refractivity contribution is 7.98. The largest absolute Gasteiger partial charge is 0.360 e. The number of thioether (sulfide) groups is 1. The van der Waals surface area contributed by atoms with E-state index >= 15 is 0 Å². The van der Waals surface area contributed by atoms with Gasteiger partial charge in [-0.2, -0.15) is 0 Å². The second-order valence-electron chi connectivity index (χ2n) is 6.03. The normalized spacial score (nSPS) is 13.8.